The zero-order valence-electron chi connectivity index (χ0n) is 8.91. The molecule has 1 unspecified atom stereocenters. The molecule has 2 rings (SSSR count). The van der Waals surface area contributed by atoms with Crippen LogP contribution in [0.5, 0.6) is 0 Å². The van der Waals surface area contributed by atoms with Gasteiger partial charge in [-0.1, -0.05) is 18.5 Å². The van der Waals surface area contributed by atoms with E-state index in [1.165, 1.54) is 11.3 Å². The number of aromatic nitrogens is 2. The van der Waals surface area contributed by atoms with E-state index in [1.807, 2.05) is 6.07 Å². The van der Waals surface area contributed by atoms with Crippen LogP contribution in [0.4, 0.5) is 0 Å². The predicted molar refractivity (Wildman–Crippen MR) is 76.5 cm³/mol. The minimum absolute atomic E-state index is 0.177. The van der Waals surface area contributed by atoms with Crippen molar-refractivity contribution in [3.8, 4) is 10.8 Å². The van der Waals surface area contributed by atoms with Crippen LogP contribution >= 0.6 is 54.8 Å². The van der Waals surface area contributed by atoms with Crippen molar-refractivity contribution in [3.63, 3.8) is 0 Å². The fourth-order valence-electron chi connectivity index (χ4n) is 1.30. The molecule has 0 bridgehead atoms. The number of halogens is 3. The van der Waals surface area contributed by atoms with Gasteiger partial charge in [0.2, 0.25) is 0 Å². The molecule has 0 amide bonds. The second-order valence-corrected chi connectivity index (χ2v) is 7.20. The first-order chi connectivity index (χ1) is 8.11. The number of nitrogens with zero attached hydrogens (tertiary/aromatic N) is 2. The van der Waals surface area contributed by atoms with E-state index in [9.17, 15) is 0 Å². The lowest BCUT2D eigenvalue weighted by molar-refractivity contribution is 0.421. The third-order valence-corrected chi connectivity index (χ3v) is 5.78. The normalized spacial score (nSPS) is 12.9. The molecule has 0 saturated carbocycles. The Balaban J connectivity index is 2.23. The smallest absolute Gasteiger partial charge is 0.268 e. The molecular weight excluding hydrogens is 391 g/mol. The SMILES string of the molecule is CCCC(Cl)c1noc(-c2cc(Br)c(Br)s2)n1. The summed E-state index contributed by atoms with van der Waals surface area (Å²) in [5.41, 5.74) is 0. The lowest BCUT2D eigenvalue weighted by Gasteiger charge is -1.99. The zero-order valence-corrected chi connectivity index (χ0v) is 13.7. The Labute approximate surface area is 125 Å². The maximum Gasteiger partial charge on any atom is 0.268 e. The number of hydrogen-bond acceptors (Lipinski definition) is 4. The summed E-state index contributed by atoms with van der Waals surface area (Å²) < 4.78 is 7.19. The fraction of sp³-hybridized carbons (Fsp3) is 0.400. The monoisotopic (exact) mass is 398 g/mol. The van der Waals surface area contributed by atoms with Crippen LogP contribution in [0.1, 0.15) is 31.0 Å². The predicted octanol–water partition coefficient (Wildman–Crippen LogP) is 5.40. The van der Waals surface area contributed by atoms with Crippen LogP contribution in [0.3, 0.4) is 0 Å². The highest BCUT2D eigenvalue weighted by atomic mass is 79.9. The van der Waals surface area contributed by atoms with Crippen molar-refractivity contribution in [3.05, 3.63) is 20.1 Å². The summed E-state index contributed by atoms with van der Waals surface area (Å²) in [6, 6.07) is 1.94. The van der Waals surface area contributed by atoms with Gasteiger partial charge in [-0.3, -0.25) is 0 Å². The third-order valence-electron chi connectivity index (χ3n) is 2.12. The van der Waals surface area contributed by atoms with Crippen molar-refractivity contribution >= 4 is 54.8 Å². The van der Waals surface area contributed by atoms with Crippen LogP contribution in [-0.4, -0.2) is 10.1 Å². The third kappa shape index (κ3) is 3.10. The Morgan fingerprint density at radius 2 is 2.29 bits per heavy atom. The number of thiophene rings is 1. The molecule has 17 heavy (non-hydrogen) atoms. The molecule has 3 nitrogen and oxygen atoms in total. The zero-order chi connectivity index (χ0) is 12.4. The lowest BCUT2D eigenvalue weighted by Crippen LogP contribution is -1.92. The lowest BCUT2D eigenvalue weighted by atomic mass is 10.2. The van der Waals surface area contributed by atoms with Gasteiger partial charge in [0.25, 0.3) is 5.89 Å². The highest BCUT2D eigenvalue weighted by Crippen LogP contribution is 2.38. The van der Waals surface area contributed by atoms with Crippen molar-refractivity contribution in [2.24, 2.45) is 0 Å². The van der Waals surface area contributed by atoms with Crippen LogP contribution in [0, 0.1) is 0 Å². The first kappa shape index (κ1) is 13.5. The van der Waals surface area contributed by atoms with Gasteiger partial charge in [0.1, 0.15) is 0 Å². The Hall–Kier alpha value is 0.0900. The van der Waals surface area contributed by atoms with Crippen LogP contribution < -0.4 is 0 Å². The summed E-state index contributed by atoms with van der Waals surface area (Å²) >= 11 is 14.5. The summed E-state index contributed by atoms with van der Waals surface area (Å²) in [7, 11) is 0. The Morgan fingerprint density at radius 3 is 2.88 bits per heavy atom. The number of hydrogen-bond donors (Lipinski definition) is 0. The molecule has 0 aliphatic carbocycles. The standard InChI is InChI=1S/C10H9Br2ClN2OS/c1-2-3-6(13)9-14-10(16-15-9)7-4-5(11)8(12)17-7/h4,6H,2-3H2,1H3. The second kappa shape index (κ2) is 5.82. The van der Waals surface area contributed by atoms with Crippen LogP contribution in [0.25, 0.3) is 10.8 Å². The summed E-state index contributed by atoms with van der Waals surface area (Å²) in [4.78, 5) is 5.23. The number of alkyl halides is 1. The highest BCUT2D eigenvalue weighted by Gasteiger charge is 2.17. The molecule has 0 aromatic carbocycles. The summed E-state index contributed by atoms with van der Waals surface area (Å²) in [6.07, 6.45) is 1.84. The molecule has 0 N–H and O–H groups in total. The molecule has 2 heterocycles. The van der Waals surface area contributed by atoms with Gasteiger partial charge in [-0.2, -0.15) is 4.98 Å². The van der Waals surface area contributed by atoms with Crippen LogP contribution in [0.15, 0.2) is 18.8 Å². The highest BCUT2D eigenvalue weighted by molar-refractivity contribution is 9.13. The van der Waals surface area contributed by atoms with Crippen molar-refractivity contribution in [1.29, 1.82) is 0 Å². The van der Waals surface area contributed by atoms with Gasteiger partial charge in [-0.15, -0.1) is 22.9 Å². The van der Waals surface area contributed by atoms with Crippen molar-refractivity contribution in [2.75, 3.05) is 0 Å². The van der Waals surface area contributed by atoms with E-state index in [1.54, 1.807) is 0 Å². The van der Waals surface area contributed by atoms with E-state index >= 15 is 0 Å². The van der Waals surface area contributed by atoms with Crippen LogP contribution in [-0.2, 0) is 0 Å². The molecule has 0 saturated heterocycles. The maximum atomic E-state index is 6.14. The molecule has 1 atom stereocenters. The maximum absolute atomic E-state index is 6.14. The second-order valence-electron chi connectivity index (χ2n) is 3.45. The van der Waals surface area contributed by atoms with Crippen molar-refractivity contribution in [1.82, 2.24) is 10.1 Å². The van der Waals surface area contributed by atoms with Crippen LogP contribution in [0.2, 0.25) is 0 Å². The molecule has 2 aromatic heterocycles. The van der Waals surface area contributed by atoms with E-state index in [4.69, 9.17) is 16.1 Å². The molecule has 0 aliphatic heterocycles. The van der Waals surface area contributed by atoms with Crippen molar-refractivity contribution in [2.45, 2.75) is 25.1 Å². The van der Waals surface area contributed by atoms with Gasteiger partial charge < -0.3 is 4.52 Å². The Kier molecular flexibility index (Phi) is 4.63. The average molecular weight is 401 g/mol. The average Bonchev–Trinajstić information content (AvgIpc) is 2.87. The molecule has 92 valence electrons. The van der Waals surface area contributed by atoms with Gasteiger partial charge in [-0.25, -0.2) is 0 Å². The van der Waals surface area contributed by atoms with Gasteiger partial charge in [0, 0.05) is 4.47 Å². The van der Waals surface area contributed by atoms with Gasteiger partial charge >= 0.3 is 0 Å². The number of rotatable bonds is 4. The van der Waals surface area contributed by atoms with E-state index < -0.39 is 0 Å². The van der Waals surface area contributed by atoms with E-state index in [0.29, 0.717) is 11.7 Å². The van der Waals surface area contributed by atoms with E-state index in [-0.39, 0.29) is 5.38 Å². The molecule has 7 heteroatoms. The summed E-state index contributed by atoms with van der Waals surface area (Å²) in [6.45, 7) is 2.07. The van der Waals surface area contributed by atoms with Gasteiger partial charge in [-0.05, 0) is 44.3 Å². The molecule has 0 spiro atoms. The fourth-order valence-corrected chi connectivity index (χ4v) is 3.56. The Morgan fingerprint density at radius 1 is 1.53 bits per heavy atom. The van der Waals surface area contributed by atoms with Crippen molar-refractivity contribution < 1.29 is 4.52 Å². The van der Waals surface area contributed by atoms with E-state index in [2.05, 4.69) is 48.9 Å². The molecular formula is C10H9Br2ClN2OS. The largest absolute Gasteiger partial charge is 0.333 e. The molecule has 0 fully saturated rings. The quantitative estimate of drug-likeness (QED) is 0.645. The van der Waals surface area contributed by atoms with Gasteiger partial charge in [0.05, 0.1) is 14.0 Å². The minimum atomic E-state index is -0.177. The van der Waals surface area contributed by atoms with E-state index in [0.717, 1.165) is 26.0 Å². The molecule has 0 aliphatic rings. The summed E-state index contributed by atoms with van der Waals surface area (Å²) in [5, 5.41) is 3.73. The first-order valence-electron chi connectivity index (χ1n) is 5.04. The molecule has 0 radical (unpaired) electrons. The Bertz CT molecular complexity index is 495. The van der Waals surface area contributed by atoms with Gasteiger partial charge in [0.15, 0.2) is 5.82 Å². The summed E-state index contributed by atoms with van der Waals surface area (Å²) in [5.74, 6) is 1.07. The first-order valence-corrected chi connectivity index (χ1v) is 7.88. The topological polar surface area (TPSA) is 38.9 Å². The minimum Gasteiger partial charge on any atom is -0.333 e. The molecule has 2 aromatic rings.